The van der Waals surface area contributed by atoms with E-state index in [9.17, 15) is 4.79 Å². The third-order valence-electron chi connectivity index (χ3n) is 6.93. The van der Waals surface area contributed by atoms with Gasteiger partial charge in [-0.15, -0.1) is 0 Å². The first kappa shape index (κ1) is 26.5. The summed E-state index contributed by atoms with van der Waals surface area (Å²) in [5.41, 5.74) is 2.24. The van der Waals surface area contributed by atoms with Crippen molar-refractivity contribution >= 4 is 12.0 Å². The Morgan fingerprint density at radius 2 is 1.82 bits per heavy atom. The Morgan fingerprint density at radius 1 is 1.12 bits per heavy atom. The maximum Gasteiger partial charge on any atom is 0.339 e. The van der Waals surface area contributed by atoms with E-state index in [1.165, 1.54) is 0 Å². The largest absolute Gasteiger partial charge is 0.493 e. The lowest BCUT2D eigenvalue weighted by Crippen LogP contribution is -2.29. The van der Waals surface area contributed by atoms with Crippen LogP contribution in [0.3, 0.4) is 0 Å². The lowest BCUT2D eigenvalue weighted by atomic mass is 9.94. The number of hydrogen-bond donors (Lipinski definition) is 0. The van der Waals surface area contributed by atoms with Crippen molar-refractivity contribution in [2.75, 3.05) is 6.61 Å². The molecule has 5 heteroatoms. The molecule has 5 nitrogen and oxygen atoms in total. The minimum Gasteiger partial charge on any atom is -0.493 e. The van der Waals surface area contributed by atoms with Crippen LogP contribution in [0.1, 0.15) is 82.8 Å². The van der Waals surface area contributed by atoms with Gasteiger partial charge in [-0.3, -0.25) is 0 Å². The minimum absolute atomic E-state index is 0.0460. The molecule has 2 aliphatic heterocycles. The van der Waals surface area contributed by atoms with Crippen LogP contribution in [0.5, 0.6) is 5.75 Å². The molecule has 2 aliphatic rings. The van der Waals surface area contributed by atoms with Crippen LogP contribution in [0.15, 0.2) is 30.4 Å². The molecule has 188 valence electrons. The molecule has 3 rings (SSSR count). The zero-order valence-corrected chi connectivity index (χ0v) is 22.1. The van der Waals surface area contributed by atoms with Crippen LogP contribution in [-0.4, -0.2) is 36.7 Å². The Kier molecular flexibility index (Phi) is 8.64. The van der Waals surface area contributed by atoms with Gasteiger partial charge in [0.1, 0.15) is 11.9 Å². The second-order valence-corrected chi connectivity index (χ2v) is 10.5. The summed E-state index contributed by atoms with van der Waals surface area (Å²) in [5.74, 6) is 0.550. The third-order valence-corrected chi connectivity index (χ3v) is 6.93. The molecule has 0 N–H and O–H groups in total. The molecule has 1 aromatic rings. The average molecular weight is 471 g/mol. The van der Waals surface area contributed by atoms with E-state index in [2.05, 4.69) is 45.9 Å². The van der Waals surface area contributed by atoms with Crippen LogP contribution in [0.25, 0.3) is 6.08 Å². The van der Waals surface area contributed by atoms with Gasteiger partial charge in [0, 0.05) is 11.8 Å². The SMILES string of the molecule is CCC(C)COc1cc(C)c2c(c1)/C=C/C[C@@H]1OC(C)(C)OC1C(C)/C=C\[C@@H](C)[C@H](C)OC2=O. The molecule has 1 fully saturated rings. The normalized spacial score (nSPS) is 32.0. The molecule has 6 atom stereocenters. The molecule has 0 spiro atoms. The van der Waals surface area contributed by atoms with E-state index in [-0.39, 0.29) is 36.1 Å². The fraction of sp³-hybridized carbons (Fsp3) is 0.621. The van der Waals surface area contributed by atoms with Crippen molar-refractivity contribution in [3.05, 3.63) is 47.1 Å². The molecule has 0 aliphatic carbocycles. The Labute approximate surface area is 205 Å². The van der Waals surface area contributed by atoms with Gasteiger partial charge in [-0.2, -0.15) is 0 Å². The second kappa shape index (κ2) is 11.1. The van der Waals surface area contributed by atoms with Crippen molar-refractivity contribution in [2.24, 2.45) is 17.8 Å². The zero-order chi connectivity index (χ0) is 25.0. The highest BCUT2D eigenvalue weighted by Gasteiger charge is 2.42. The van der Waals surface area contributed by atoms with Gasteiger partial charge in [0.25, 0.3) is 0 Å². The summed E-state index contributed by atoms with van der Waals surface area (Å²) in [6, 6.07) is 3.87. The topological polar surface area (TPSA) is 54.0 Å². The Morgan fingerprint density at radius 3 is 2.53 bits per heavy atom. The first-order chi connectivity index (χ1) is 16.0. The number of ether oxygens (including phenoxy) is 4. The van der Waals surface area contributed by atoms with Crippen LogP contribution in [0.2, 0.25) is 0 Å². The van der Waals surface area contributed by atoms with Gasteiger partial charge in [-0.05, 0) is 63.3 Å². The number of rotatable bonds is 4. The smallest absolute Gasteiger partial charge is 0.339 e. The molecule has 0 amide bonds. The van der Waals surface area contributed by atoms with Gasteiger partial charge >= 0.3 is 5.97 Å². The molecular weight excluding hydrogens is 428 g/mol. The first-order valence-electron chi connectivity index (χ1n) is 12.7. The lowest BCUT2D eigenvalue weighted by Gasteiger charge is -2.23. The number of fused-ring (bicyclic) bond motifs is 2. The van der Waals surface area contributed by atoms with Crippen LogP contribution in [0.4, 0.5) is 0 Å². The zero-order valence-electron chi connectivity index (χ0n) is 22.1. The predicted molar refractivity (Wildman–Crippen MR) is 136 cm³/mol. The van der Waals surface area contributed by atoms with Crippen molar-refractivity contribution in [1.29, 1.82) is 0 Å². The standard InChI is InChI=1S/C29H42O5/c1-9-18(2)17-31-24-15-21(5)26-23(16-24)11-10-12-25-27(34-29(7,8)33-25)20(4)14-13-19(3)22(6)32-28(26)30/h10-11,13-16,18-20,22,25,27H,9,12,17H2,1-8H3/b11-10+,14-13-/t18?,19-,20?,22+,25+,27?/m1/s1. The first-order valence-corrected chi connectivity index (χ1v) is 12.7. The summed E-state index contributed by atoms with van der Waals surface area (Å²) < 4.78 is 24.5. The van der Waals surface area contributed by atoms with Crippen LogP contribution < -0.4 is 4.74 Å². The summed E-state index contributed by atoms with van der Waals surface area (Å²) in [7, 11) is 0. The number of carbonyl (C=O) groups is 1. The molecule has 2 heterocycles. The van der Waals surface area contributed by atoms with Gasteiger partial charge in [0.05, 0.1) is 24.4 Å². The number of carbonyl (C=O) groups excluding carboxylic acids is 1. The van der Waals surface area contributed by atoms with E-state index in [0.717, 1.165) is 23.3 Å². The number of benzene rings is 1. The highest BCUT2D eigenvalue weighted by molar-refractivity contribution is 5.95. The van der Waals surface area contributed by atoms with Crippen LogP contribution in [-0.2, 0) is 14.2 Å². The Bertz CT molecular complexity index is 915. The minimum atomic E-state index is -0.622. The number of esters is 1. The molecule has 1 aromatic carbocycles. The van der Waals surface area contributed by atoms with Crippen LogP contribution in [0, 0.1) is 24.7 Å². The van der Waals surface area contributed by atoms with E-state index >= 15 is 0 Å². The van der Waals surface area contributed by atoms with Gasteiger partial charge in [-0.1, -0.05) is 58.4 Å². The highest BCUT2D eigenvalue weighted by Crippen LogP contribution is 2.35. The van der Waals surface area contributed by atoms with Crippen molar-refractivity contribution in [1.82, 2.24) is 0 Å². The Balaban J connectivity index is 1.99. The summed E-state index contributed by atoms with van der Waals surface area (Å²) in [4.78, 5) is 13.2. The summed E-state index contributed by atoms with van der Waals surface area (Å²) in [6.45, 7) is 17.0. The van der Waals surface area contributed by atoms with Gasteiger partial charge < -0.3 is 18.9 Å². The molecule has 34 heavy (non-hydrogen) atoms. The van der Waals surface area contributed by atoms with Crippen molar-refractivity contribution < 1.29 is 23.7 Å². The molecule has 3 unspecified atom stereocenters. The van der Waals surface area contributed by atoms with Gasteiger partial charge in [0.2, 0.25) is 0 Å². The second-order valence-electron chi connectivity index (χ2n) is 10.5. The van der Waals surface area contributed by atoms with Crippen molar-refractivity contribution in [2.45, 2.75) is 92.3 Å². The molecule has 0 aromatic heterocycles. The number of aryl methyl sites for hydroxylation is 1. The van der Waals surface area contributed by atoms with Crippen molar-refractivity contribution in [3.8, 4) is 5.75 Å². The maximum absolute atomic E-state index is 13.2. The third kappa shape index (κ3) is 6.51. The quantitative estimate of drug-likeness (QED) is 0.361. The van der Waals surface area contributed by atoms with Gasteiger partial charge in [0.15, 0.2) is 5.79 Å². The maximum atomic E-state index is 13.2. The summed E-state index contributed by atoms with van der Waals surface area (Å²) >= 11 is 0. The molecule has 0 bridgehead atoms. The number of hydrogen-bond acceptors (Lipinski definition) is 5. The van der Waals surface area contributed by atoms with E-state index in [4.69, 9.17) is 18.9 Å². The fourth-order valence-corrected chi connectivity index (χ4v) is 4.40. The molecular formula is C29H42O5. The van der Waals surface area contributed by atoms with E-state index < -0.39 is 5.79 Å². The molecule has 1 saturated heterocycles. The monoisotopic (exact) mass is 470 g/mol. The lowest BCUT2D eigenvalue weighted by molar-refractivity contribution is -0.148. The van der Waals surface area contributed by atoms with Crippen LogP contribution >= 0.6 is 0 Å². The van der Waals surface area contributed by atoms with Gasteiger partial charge in [-0.25, -0.2) is 4.79 Å². The highest BCUT2D eigenvalue weighted by atomic mass is 16.8. The number of cyclic esters (lactones) is 1. The summed E-state index contributed by atoms with van der Waals surface area (Å²) in [6.07, 6.45) is 9.71. The summed E-state index contributed by atoms with van der Waals surface area (Å²) in [5, 5.41) is 0. The van der Waals surface area contributed by atoms with Crippen molar-refractivity contribution in [3.63, 3.8) is 0 Å². The van der Waals surface area contributed by atoms with E-state index in [1.807, 2.05) is 45.9 Å². The van der Waals surface area contributed by atoms with E-state index in [0.29, 0.717) is 24.5 Å². The van der Waals surface area contributed by atoms with E-state index in [1.54, 1.807) is 0 Å². The predicted octanol–water partition coefficient (Wildman–Crippen LogP) is 6.73. The fourth-order valence-electron chi connectivity index (χ4n) is 4.40. The molecule has 0 radical (unpaired) electrons. The average Bonchev–Trinajstić information content (AvgIpc) is 3.08. The molecule has 0 saturated carbocycles. The Hall–Kier alpha value is -2.11.